The van der Waals surface area contributed by atoms with Crippen LogP contribution in [0.25, 0.3) is 0 Å². The summed E-state index contributed by atoms with van der Waals surface area (Å²) in [6.45, 7) is 9.52. The summed E-state index contributed by atoms with van der Waals surface area (Å²) in [5, 5.41) is 15.8. The summed E-state index contributed by atoms with van der Waals surface area (Å²) in [5.41, 5.74) is 4.69. The molecule has 0 spiro atoms. The molecule has 6 heteroatoms. The Morgan fingerprint density at radius 3 is 2.19 bits per heavy atom. The Bertz CT molecular complexity index is 883. The van der Waals surface area contributed by atoms with Crippen molar-refractivity contribution in [1.29, 1.82) is 5.26 Å². The largest absolute Gasteiger partial charge is 0.371 e. The van der Waals surface area contributed by atoms with Crippen LogP contribution in [0.2, 0.25) is 0 Å². The second-order valence-corrected chi connectivity index (χ2v) is 8.94. The van der Waals surface area contributed by atoms with Crippen molar-refractivity contribution in [2.24, 2.45) is 4.99 Å². The number of aliphatic imine (C=N–C) groups is 1. The topological polar surface area (TPSA) is 63.5 Å². The number of nitrogens with zero attached hydrogens (tertiary/aromatic N) is 3. The van der Waals surface area contributed by atoms with E-state index in [4.69, 9.17) is 5.26 Å². The number of benzene rings is 2. The van der Waals surface area contributed by atoms with E-state index in [1.165, 1.54) is 11.3 Å². The van der Waals surface area contributed by atoms with E-state index >= 15 is 0 Å². The molecule has 0 amide bonds. The average molecular weight is 531 g/mol. The molecule has 0 unspecified atom stereocenters. The van der Waals surface area contributed by atoms with E-state index < -0.39 is 0 Å². The lowest BCUT2D eigenvalue weighted by Gasteiger charge is -2.35. The molecule has 2 aromatic rings. The average Bonchev–Trinajstić information content (AvgIpc) is 2.77. The van der Waals surface area contributed by atoms with Crippen LogP contribution < -0.4 is 15.5 Å². The Kier molecular flexibility index (Phi) is 9.17. The molecule has 1 saturated heterocycles. The number of hydrogen-bond donors (Lipinski definition) is 2. The molecule has 1 fully saturated rings. The molecule has 3 rings (SSSR count). The number of nitriles is 1. The highest BCUT2D eigenvalue weighted by Crippen LogP contribution is 2.26. The van der Waals surface area contributed by atoms with Crippen LogP contribution in [0.5, 0.6) is 0 Å². The van der Waals surface area contributed by atoms with E-state index in [0.29, 0.717) is 18.2 Å². The van der Waals surface area contributed by atoms with Crippen molar-refractivity contribution < 1.29 is 0 Å². The summed E-state index contributed by atoms with van der Waals surface area (Å²) >= 11 is 0. The van der Waals surface area contributed by atoms with E-state index in [9.17, 15) is 0 Å². The summed E-state index contributed by atoms with van der Waals surface area (Å²) in [7, 11) is 1.81. The molecule has 5 nitrogen and oxygen atoms in total. The van der Waals surface area contributed by atoms with Gasteiger partial charge in [-0.2, -0.15) is 5.26 Å². The number of nitrogens with one attached hydrogen (secondary N) is 2. The van der Waals surface area contributed by atoms with Gasteiger partial charge >= 0.3 is 0 Å². The number of hydrogen-bond acceptors (Lipinski definition) is 3. The lowest BCUT2D eigenvalue weighted by Crippen LogP contribution is -2.48. The maximum absolute atomic E-state index is 8.90. The van der Waals surface area contributed by atoms with Crippen LogP contribution in [0.4, 0.5) is 5.69 Å². The number of guanidine groups is 1. The highest BCUT2D eigenvalue weighted by molar-refractivity contribution is 14.0. The zero-order valence-corrected chi connectivity index (χ0v) is 21.3. The molecular weight excluding hydrogens is 497 g/mol. The van der Waals surface area contributed by atoms with Gasteiger partial charge in [0.15, 0.2) is 5.96 Å². The summed E-state index contributed by atoms with van der Waals surface area (Å²) in [4.78, 5) is 6.84. The fourth-order valence-electron chi connectivity index (χ4n) is 3.73. The van der Waals surface area contributed by atoms with Crippen molar-refractivity contribution in [3.05, 3.63) is 65.2 Å². The first kappa shape index (κ1) is 25.0. The molecule has 0 atom stereocenters. The molecule has 0 radical (unpaired) electrons. The first-order valence-electron chi connectivity index (χ1n) is 10.7. The zero-order valence-electron chi connectivity index (χ0n) is 19.0. The van der Waals surface area contributed by atoms with Gasteiger partial charge in [-0.25, -0.2) is 0 Å². The fraction of sp³-hybridized carbons (Fsp3) is 0.440. The molecule has 2 N–H and O–H groups in total. The van der Waals surface area contributed by atoms with Crippen molar-refractivity contribution in [2.45, 2.75) is 51.6 Å². The molecule has 1 aliphatic rings. The number of halogens is 1. The summed E-state index contributed by atoms with van der Waals surface area (Å²) in [5.74, 6) is 0.826. The van der Waals surface area contributed by atoms with Gasteiger partial charge in [0.2, 0.25) is 0 Å². The predicted octanol–water partition coefficient (Wildman–Crippen LogP) is 4.81. The molecular formula is C25H34IN5. The Morgan fingerprint density at radius 2 is 1.68 bits per heavy atom. The molecule has 1 heterocycles. The minimum Gasteiger partial charge on any atom is -0.371 e. The van der Waals surface area contributed by atoms with Gasteiger partial charge in [0.05, 0.1) is 11.6 Å². The van der Waals surface area contributed by atoms with Gasteiger partial charge in [0.25, 0.3) is 0 Å². The van der Waals surface area contributed by atoms with Crippen LogP contribution in [0.15, 0.2) is 53.5 Å². The van der Waals surface area contributed by atoms with Gasteiger partial charge < -0.3 is 15.5 Å². The van der Waals surface area contributed by atoms with Crippen LogP contribution >= 0.6 is 24.0 Å². The van der Waals surface area contributed by atoms with Gasteiger partial charge in [0, 0.05) is 38.4 Å². The second-order valence-electron chi connectivity index (χ2n) is 8.94. The van der Waals surface area contributed by atoms with Crippen LogP contribution in [0.1, 0.15) is 50.3 Å². The lowest BCUT2D eigenvalue weighted by molar-refractivity contribution is 0.461. The third-order valence-electron chi connectivity index (χ3n) is 5.70. The summed E-state index contributed by atoms with van der Waals surface area (Å²) in [6, 6.07) is 19.2. The van der Waals surface area contributed by atoms with Crippen molar-refractivity contribution in [2.75, 3.05) is 25.0 Å². The van der Waals surface area contributed by atoms with E-state index in [0.717, 1.165) is 37.5 Å². The number of rotatable bonds is 4. The smallest absolute Gasteiger partial charge is 0.191 e. The molecule has 31 heavy (non-hydrogen) atoms. The molecule has 0 saturated carbocycles. The summed E-state index contributed by atoms with van der Waals surface area (Å²) < 4.78 is 0. The number of piperidine rings is 1. The summed E-state index contributed by atoms with van der Waals surface area (Å²) in [6.07, 6.45) is 2.16. The third-order valence-corrected chi connectivity index (χ3v) is 5.70. The Hall–Kier alpha value is -2.27. The molecule has 0 bridgehead atoms. The van der Waals surface area contributed by atoms with Crippen molar-refractivity contribution in [1.82, 2.24) is 10.6 Å². The monoisotopic (exact) mass is 531 g/mol. The highest BCUT2D eigenvalue weighted by Gasteiger charge is 2.21. The minimum absolute atomic E-state index is 0. The lowest BCUT2D eigenvalue weighted by atomic mass is 9.87. The predicted molar refractivity (Wildman–Crippen MR) is 140 cm³/mol. The molecule has 0 aliphatic carbocycles. The van der Waals surface area contributed by atoms with Crippen LogP contribution in [-0.2, 0) is 12.0 Å². The van der Waals surface area contributed by atoms with E-state index in [2.05, 4.69) is 71.6 Å². The SMILES string of the molecule is CN=C(NCc1ccc(C#N)cc1)NC1CCN(c2ccc(C(C)(C)C)cc2)CC1.I. The second kappa shape index (κ2) is 11.4. The molecule has 166 valence electrons. The molecule has 1 aliphatic heterocycles. The zero-order chi connectivity index (χ0) is 21.6. The maximum Gasteiger partial charge on any atom is 0.191 e. The van der Waals surface area contributed by atoms with Crippen LogP contribution in [-0.4, -0.2) is 32.1 Å². The van der Waals surface area contributed by atoms with Gasteiger partial charge in [-0.05, 0) is 53.6 Å². The van der Waals surface area contributed by atoms with E-state index in [1.54, 1.807) is 7.05 Å². The van der Waals surface area contributed by atoms with Gasteiger partial charge in [-0.1, -0.05) is 45.0 Å². The molecule has 2 aromatic carbocycles. The Labute approximate surface area is 204 Å². The van der Waals surface area contributed by atoms with Crippen LogP contribution in [0.3, 0.4) is 0 Å². The van der Waals surface area contributed by atoms with Gasteiger partial charge in [-0.3, -0.25) is 4.99 Å². The van der Waals surface area contributed by atoms with Crippen molar-refractivity contribution in [3.63, 3.8) is 0 Å². The normalized spacial score (nSPS) is 15.1. The first-order valence-corrected chi connectivity index (χ1v) is 10.7. The highest BCUT2D eigenvalue weighted by atomic mass is 127. The van der Waals surface area contributed by atoms with Crippen molar-refractivity contribution >= 4 is 35.6 Å². The van der Waals surface area contributed by atoms with Crippen LogP contribution in [0, 0.1) is 11.3 Å². The maximum atomic E-state index is 8.90. The van der Waals surface area contributed by atoms with Gasteiger partial charge in [-0.15, -0.1) is 24.0 Å². The van der Waals surface area contributed by atoms with E-state index in [-0.39, 0.29) is 29.4 Å². The molecule has 0 aromatic heterocycles. The Balaban J connectivity index is 0.00000341. The standard InChI is InChI=1S/C25H33N5.HI/c1-25(2,3)21-9-11-23(12-10-21)30-15-13-22(14-16-30)29-24(27-4)28-18-20-7-5-19(17-26)6-8-20;/h5-12,22H,13-16,18H2,1-4H3,(H2,27,28,29);1H. The van der Waals surface area contributed by atoms with Crippen molar-refractivity contribution in [3.8, 4) is 6.07 Å². The first-order chi connectivity index (χ1) is 14.4. The minimum atomic E-state index is 0. The van der Waals surface area contributed by atoms with E-state index in [1.807, 2.05) is 24.3 Å². The Morgan fingerprint density at radius 1 is 1.06 bits per heavy atom. The fourth-order valence-corrected chi connectivity index (χ4v) is 3.73. The quantitative estimate of drug-likeness (QED) is 0.338. The number of anilines is 1. The van der Waals surface area contributed by atoms with Gasteiger partial charge in [0.1, 0.15) is 0 Å². The third kappa shape index (κ3) is 7.13.